The normalized spacial score (nSPS) is 16.1. The Kier molecular flexibility index (Phi) is 4.33. The molecule has 1 aliphatic heterocycles. The molecule has 4 heteroatoms. The molecule has 0 spiro atoms. The maximum absolute atomic E-state index is 12.6. The smallest absolute Gasteiger partial charge is 0.263 e. The van der Waals surface area contributed by atoms with E-state index in [9.17, 15) is 8.42 Å². The molecule has 0 N–H and O–H groups in total. The Morgan fingerprint density at radius 1 is 1.15 bits per heavy atom. The van der Waals surface area contributed by atoms with E-state index in [1.807, 2.05) is 25.1 Å². The summed E-state index contributed by atoms with van der Waals surface area (Å²) >= 11 is 0. The second-order valence-corrected chi connectivity index (χ2v) is 7.26. The van der Waals surface area contributed by atoms with Gasteiger partial charge >= 0.3 is 0 Å². The van der Waals surface area contributed by atoms with Crippen LogP contribution in [-0.4, -0.2) is 19.3 Å². The van der Waals surface area contributed by atoms with Crippen LogP contribution in [0.25, 0.3) is 0 Å². The van der Waals surface area contributed by atoms with Crippen molar-refractivity contribution in [3.8, 4) is 0 Å². The number of nitrogens with zero attached hydrogens (tertiary/aromatic N) is 1. The second-order valence-electron chi connectivity index (χ2n) is 5.37. The summed E-state index contributed by atoms with van der Waals surface area (Å²) in [6.45, 7) is 6.61. The third-order valence-electron chi connectivity index (χ3n) is 3.60. The molecule has 108 valence electrons. The van der Waals surface area contributed by atoms with Gasteiger partial charge in [0, 0.05) is 12.7 Å². The van der Waals surface area contributed by atoms with Gasteiger partial charge in [-0.15, -0.1) is 0 Å². The van der Waals surface area contributed by atoms with E-state index in [0.717, 1.165) is 18.4 Å². The first-order chi connectivity index (χ1) is 9.41. The topological polar surface area (TPSA) is 37.4 Å². The standard InChI is InChI=1S/C16H21NO2S/c1-13(2)15-5-4-11-17(12-10-15)20(18,19)16-8-6-14(3)7-9-16/h4,6-9,11H,5,10,12H2,1-3H3. The fourth-order valence-electron chi connectivity index (χ4n) is 2.23. The SMILES string of the molecule is CC(C)=C1CC=CN(S(=O)(=O)c2ccc(C)cc2)CC1. The van der Waals surface area contributed by atoms with Gasteiger partial charge in [-0.2, -0.15) is 0 Å². The molecular formula is C16H21NO2S. The Balaban J connectivity index is 2.27. The van der Waals surface area contributed by atoms with Gasteiger partial charge in [-0.1, -0.05) is 34.9 Å². The van der Waals surface area contributed by atoms with Gasteiger partial charge in [0.2, 0.25) is 0 Å². The lowest BCUT2D eigenvalue weighted by Crippen LogP contribution is -2.26. The number of aryl methyl sites for hydroxylation is 1. The van der Waals surface area contributed by atoms with Crippen LogP contribution in [0.15, 0.2) is 52.6 Å². The first kappa shape index (κ1) is 14.9. The highest BCUT2D eigenvalue weighted by atomic mass is 32.2. The lowest BCUT2D eigenvalue weighted by atomic mass is 10.1. The van der Waals surface area contributed by atoms with Gasteiger partial charge in [0.15, 0.2) is 0 Å². The van der Waals surface area contributed by atoms with Crippen molar-refractivity contribution in [1.29, 1.82) is 0 Å². The maximum Gasteiger partial charge on any atom is 0.263 e. The van der Waals surface area contributed by atoms with Crippen molar-refractivity contribution in [2.24, 2.45) is 0 Å². The zero-order valence-electron chi connectivity index (χ0n) is 12.3. The molecule has 0 bridgehead atoms. The zero-order chi connectivity index (χ0) is 14.8. The summed E-state index contributed by atoms with van der Waals surface area (Å²) in [6, 6.07) is 7.00. The molecule has 1 heterocycles. The van der Waals surface area contributed by atoms with E-state index in [1.165, 1.54) is 15.5 Å². The van der Waals surface area contributed by atoms with Crippen LogP contribution >= 0.6 is 0 Å². The largest absolute Gasteiger partial charge is 0.273 e. The van der Waals surface area contributed by atoms with Crippen LogP contribution in [0.5, 0.6) is 0 Å². The lowest BCUT2D eigenvalue weighted by Gasteiger charge is -2.19. The summed E-state index contributed by atoms with van der Waals surface area (Å²) in [7, 11) is -3.43. The number of benzene rings is 1. The maximum atomic E-state index is 12.6. The summed E-state index contributed by atoms with van der Waals surface area (Å²) < 4.78 is 26.6. The van der Waals surface area contributed by atoms with Gasteiger partial charge in [-0.3, -0.25) is 4.31 Å². The summed E-state index contributed by atoms with van der Waals surface area (Å²) in [5, 5.41) is 0. The molecule has 1 aliphatic rings. The molecule has 3 nitrogen and oxygen atoms in total. The highest BCUT2D eigenvalue weighted by Crippen LogP contribution is 2.23. The zero-order valence-corrected chi connectivity index (χ0v) is 13.1. The van der Waals surface area contributed by atoms with Gasteiger partial charge < -0.3 is 0 Å². The molecule has 0 saturated heterocycles. The third-order valence-corrected chi connectivity index (χ3v) is 5.39. The summed E-state index contributed by atoms with van der Waals surface area (Å²) in [5.41, 5.74) is 3.66. The third kappa shape index (κ3) is 3.12. The quantitative estimate of drug-likeness (QED) is 0.780. The predicted molar refractivity (Wildman–Crippen MR) is 81.8 cm³/mol. The molecular weight excluding hydrogens is 270 g/mol. The summed E-state index contributed by atoms with van der Waals surface area (Å²) in [6.07, 6.45) is 5.26. The molecule has 2 rings (SSSR count). The molecule has 0 saturated carbocycles. The van der Waals surface area contributed by atoms with Gasteiger partial charge in [0.25, 0.3) is 10.0 Å². The minimum atomic E-state index is -3.43. The Morgan fingerprint density at radius 3 is 2.40 bits per heavy atom. The molecule has 0 fully saturated rings. The van der Waals surface area contributed by atoms with Crippen molar-refractivity contribution in [3.05, 3.63) is 53.3 Å². The van der Waals surface area contributed by atoms with Crippen molar-refractivity contribution in [2.75, 3.05) is 6.54 Å². The van der Waals surface area contributed by atoms with Crippen molar-refractivity contribution in [2.45, 2.75) is 38.5 Å². The molecule has 0 aromatic heterocycles. The second kappa shape index (κ2) is 5.83. The van der Waals surface area contributed by atoms with Crippen LogP contribution < -0.4 is 0 Å². The van der Waals surface area contributed by atoms with E-state index >= 15 is 0 Å². The van der Waals surface area contributed by atoms with Crippen LogP contribution in [0.3, 0.4) is 0 Å². The molecule has 1 aromatic carbocycles. The fraction of sp³-hybridized carbons (Fsp3) is 0.375. The summed E-state index contributed by atoms with van der Waals surface area (Å²) in [4.78, 5) is 0.355. The molecule has 0 unspecified atom stereocenters. The van der Waals surface area contributed by atoms with Crippen molar-refractivity contribution < 1.29 is 8.42 Å². The van der Waals surface area contributed by atoms with Crippen molar-refractivity contribution in [3.63, 3.8) is 0 Å². The van der Waals surface area contributed by atoms with E-state index in [1.54, 1.807) is 18.3 Å². The molecule has 20 heavy (non-hydrogen) atoms. The molecule has 0 aliphatic carbocycles. The van der Waals surface area contributed by atoms with E-state index in [4.69, 9.17) is 0 Å². The van der Waals surface area contributed by atoms with E-state index < -0.39 is 10.0 Å². The van der Waals surface area contributed by atoms with Gasteiger partial charge in [-0.25, -0.2) is 8.42 Å². The summed E-state index contributed by atoms with van der Waals surface area (Å²) in [5.74, 6) is 0. The Hall–Kier alpha value is -1.55. The molecule has 0 radical (unpaired) electrons. The van der Waals surface area contributed by atoms with Crippen LogP contribution in [0, 0.1) is 6.92 Å². The van der Waals surface area contributed by atoms with Crippen molar-refractivity contribution in [1.82, 2.24) is 4.31 Å². The average molecular weight is 291 g/mol. The fourth-order valence-corrected chi connectivity index (χ4v) is 3.56. The monoisotopic (exact) mass is 291 g/mol. The van der Waals surface area contributed by atoms with Crippen LogP contribution in [0.2, 0.25) is 0 Å². The molecule has 0 amide bonds. The Morgan fingerprint density at radius 2 is 1.80 bits per heavy atom. The Bertz CT molecular complexity index is 636. The minimum absolute atomic E-state index is 0.355. The van der Waals surface area contributed by atoms with Crippen LogP contribution in [0.1, 0.15) is 32.3 Å². The first-order valence-corrected chi connectivity index (χ1v) is 8.25. The van der Waals surface area contributed by atoms with Crippen LogP contribution in [0.4, 0.5) is 0 Å². The van der Waals surface area contributed by atoms with Crippen molar-refractivity contribution >= 4 is 10.0 Å². The van der Waals surface area contributed by atoms with Gasteiger partial charge in [0.1, 0.15) is 0 Å². The number of hydrogen-bond donors (Lipinski definition) is 0. The van der Waals surface area contributed by atoms with Crippen LogP contribution in [-0.2, 0) is 10.0 Å². The average Bonchev–Trinajstić information content (AvgIpc) is 2.65. The highest BCUT2D eigenvalue weighted by Gasteiger charge is 2.22. The number of rotatable bonds is 2. The van der Waals surface area contributed by atoms with E-state index in [-0.39, 0.29) is 0 Å². The van der Waals surface area contributed by atoms with E-state index in [0.29, 0.717) is 11.4 Å². The highest BCUT2D eigenvalue weighted by molar-refractivity contribution is 7.89. The number of sulfonamides is 1. The number of allylic oxidation sites excluding steroid dienone is 2. The molecule has 1 aromatic rings. The Labute approximate surface area is 121 Å². The van der Waals surface area contributed by atoms with Gasteiger partial charge in [0.05, 0.1) is 4.90 Å². The predicted octanol–water partition coefficient (Wildman–Crippen LogP) is 3.63. The van der Waals surface area contributed by atoms with E-state index in [2.05, 4.69) is 13.8 Å². The first-order valence-electron chi connectivity index (χ1n) is 6.81. The lowest BCUT2D eigenvalue weighted by molar-refractivity contribution is 0.502. The molecule has 0 atom stereocenters. The van der Waals surface area contributed by atoms with Gasteiger partial charge in [-0.05, 0) is 45.7 Å². The minimum Gasteiger partial charge on any atom is -0.273 e. The number of hydrogen-bond acceptors (Lipinski definition) is 2.